The third-order valence-corrected chi connectivity index (χ3v) is 11.9. The van der Waals surface area contributed by atoms with Gasteiger partial charge in [-0.3, -0.25) is 14.4 Å². The molecule has 3 rings (SSSR count). The first-order valence-electron chi connectivity index (χ1n) is 14.7. The van der Waals surface area contributed by atoms with Crippen molar-refractivity contribution < 1.29 is 72.8 Å². The van der Waals surface area contributed by atoms with E-state index in [9.17, 15) is 24.6 Å². The van der Waals surface area contributed by atoms with Gasteiger partial charge < -0.3 is 58.4 Å². The van der Waals surface area contributed by atoms with Crippen molar-refractivity contribution >= 4 is 26.2 Å². The molecule has 46 heavy (non-hydrogen) atoms. The first kappa shape index (κ1) is 41.0. The first-order chi connectivity index (χ1) is 21.3. The highest BCUT2D eigenvalue weighted by molar-refractivity contribution is 6.74. The summed E-state index contributed by atoms with van der Waals surface area (Å²) in [6.07, 6.45) is 1.01. The molecule has 3 aliphatic rings. The number of carbonyl (C=O) groups excluding carboxylic acids is 3. The van der Waals surface area contributed by atoms with E-state index in [0.29, 0.717) is 6.61 Å². The molecular formula is C30H50O15Si. The fourth-order valence-corrected chi connectivity index (χ4v) is 4.68. The number of hydrogen-bond donors (Lipinski definition) is 5. The molecule has 0 radical (unpaired) electrons. The minimum Gasteiger partial charge on any atom is -0.493 e. The van der Waals surface area contributed by atoms with E-state index >= 15 is 0 Å². The van der Waals surface area contributed by atoms with Crippen molar-refractivity contribution in [1.82, 2.24) is 0 Å². The summed E-state index contributed by atoms with van der Waals surface area (Å²) >= 11 is 0. The summed E-state index contributed by atoms with van der Waals surface area (Å²) in [5, 5.41) is 45.9. The molecule has 0 aromatic rings. The smallest absolute Gasteiger partial charge is 0.303 e. The molecule has 264 valence electrons. The Morgan fingerprint density at radius 1 is 0.717 bits per heavy atom. The summed E-state index contributed by atoms with van der Waals surface area (Å²) in [4.78, 5) is 32.9. The van der Waals surface area contributed by atoms with Crippen LogP contribution in [0.5, 0.6) is 0 Å². The lowest BCUT2D eigenvalue weighted by molar-refractivity contribution is -0.178. The zero-order valence-corrected chi connectivity index (χ0v) is 28.6. The molecule has 9 unspecified atom stereocenters. The molecule has 0 saturated carbocycles. The van der Waals surface area contributed by atoms with E-state index in [4.69, 9.17) is 48.2 Å². The van der Waals surface area contributed by atoms with Crippen molar-refractivity contribution in [3.05, 3.63) is 37.0 Å². The van der Waals surface area contributed by atoms with E-state index < -0.39 is 81.2 Å². The molecule has 0 aromatic heterocycles. The number of rotatable bonds is 8. The van der Waals surface area contributed by atoms with Gasteiger partial charge in [0.25, 0.3) is 0 Å². The Kier molecular flexibility index (Phi) is 16.9. The minimum atomic E-state index is -1.84. The van der Waals surface area contributed by atoms with Gasteiger partial charge in [0.05, 0.1) is 32.0 Å². The molecular weight excluding hydrogens is 628 g/mol. The van der Waals surface area contributed by atoms with Crippen LogP contribution < -0.4 is 0 Å². The van der Waals surface area contributed by atoms with Crippen molar-refractivity contribution in [2.24, 2.45) is 0 Å². The number of aliphatic hydroxyl groups excluding tert-OH is 5. The third kappa shape index (κ3) is 13.8. The maximum atomic E-state index is 11.1. The molecule has 0 saturated heterocycles. The highest BCUT2D eigenvalue weighted by Gasteiger charge is 2.40. The van der Waals surface area contributed by atoms with Gasteiger partial charge in [-0.2, -0.15) is 0 Å². The van der Waals surface area contributed by atoms with E-state index in [1.165, 1.54) is 57.8 Å². The normalized spacial score (nSPS) is 30.1. The highest BCUT2D eigenvalue weighted by Crippen LogP contribution is 2.36. The monoisotopic (exact) mass is 678 g/mol. The SMILES string of the molecule is CC(=O)OCC1OC=CC(OC(C)=O)C1OC(C)=O.CC(C)(C)[Si](C)(C)OCC1OC=CC(O)C1O.OCC1OC=CC(O)C1O. The van der Waals surface area contributed by atoms with Crippen LogP contribution in [0.15, 0.2) is 37.0 Å². The second kappa shape index (κ2) is 19.0. The molecule has 0 aliphatic carbocycles. The summed E-state index contributed by atoms with van der Waals surface area (Å²) in [6.45, 7) is 14.4. The lowest BCUT2D eigenvalue weighted by Gasteiger charge is -2.38. The summed E-state index contributed by atoms with van der Waals surface area (Å²) in [6, 6.07) is 0. The lowest BCUT2D eigenvalue weighted by atomic mass is 10.1. The van der Waals surface area contributed by atoms with Gasteiger partial charge in [-0.15, -0.1) is 0 Å². The summed E-state index contributed by atoms with van der Waals surface area (Å²) in [7, 11) is -1.84. The molecule has 3 heterocycles. The van der Waals surface area contributed by atoms with Gasteiger partial charge in [-0.1, -0.05) is 20.8 Å². The Labute approximate surface area is 270 Å². The topological polar surface area (TPSA) is 217 Å². The largest absolute Gasteiger partial charge is 0.493 e. The molecule has 0 bridgehead atoms. The van der Waals surface area contributed by atoms with Crippen LogP contribution in [0, 0.1) is 0 Å². The second-order valence-corrected chi connectivity index (χ2v) is 17.0. The van der Waals surface area contributed by atoms with Crippen molar-refractivity contribution in [3.63, 3.8) is 0 Å². The summed E-state index contributed by atoms with van der Waals surface area (Å²) in [5.41, 5.74) is 0. The van der Waals surface area contributed by atoms with E-state index in [1.54, 1.807) is 0 Å². The Morgan fingerprint density at radius 2 is 1.20 bits per heavy atom. The van der Waals surface area contributed by atoms with E-state index in [-0.39, 0.29) is 18.3 Å². The fraction of sp³-hybridized carbons (Fsp3) is 0.700. The van der Waals surface area contributed by atoms with Crippen molar-refractivity contribution in [3.8, 4) is 0 Å². The van der Waals surface area contributed by atoms with Crippen LogP contribution in [-0.2, 0) is 47.2 Å². The predicted molar refractivity (Wildman–Crippen MR) is 164 cm³/mol. The van der Waals surface area contributed by atoms with Gasteiger partial charge in [-0.25, -0.2) is 0 Å². The average Bonchev–Trinajstić information content (AvgIpc) is 2.95. The second-order valence-electron chi connectivity index (χ2n) is 12.2. The molecule has 5 N–H and O–H groups in total. The van der Waals surface area contributed by atoms with Crippen molar-refractivity contribution in [2.75, 3.05) is 19.8 Å². The number of aliphatic hydroxyl groups is 5. The first-order valence-corrected chi connectivity index (χ1v) is 17.6. The Morgan fingerprint density at radius 3 is 1.65 bits per heavy atom. The molecule has 15 nitrogen and oxygen atoms in total. The molecule has 0 fully saturated rings. The molecule has 0 amide bonds. The predicted octanol–water partition coefficient (Wildman–Crippen LogP) is 0.581. The van der Waals surface area contributed by atoms with Crippen molar-refractivity contribution in [1.29, 1.82) is 0 Å². The van der Waals surface area contributed by atoms with Gasteiger partial charge in [0.2, 0.25) is 0 Å². The van der Waals surface area contributed by atoms with E-state index in [1.807, 2.05) is 0 Å². The maximum absolute atomic E-state index is 11.1. The van der Waals surface area contributed by atoms with Crippen LogP contribution in [-0.4, -0.2) is 127 Å². The van der Waals surface area contributed by atoms with Gasteiger partial charge in [0.15, 0.2) is 26.6 Å². The van der Waals surface area contributed by atoms with Crippen LogP contribution >= 0.6 is 0 Å². The number of esters is 3. The van der Waals surface area contributed by atoms with Gasteiger partial charge in [0, 0.05) is 20.8 Å². The molecule has 3 aliphatic heterocycles. The lowest BCUT2D eigenvalue weighted by Crippen LogP contribution is -2.48. The van der Waals surface area contributed by atoms with Crippen LogP contribution in [0.1, 0.15) is 41.5 Å². The van der Waals surface area contributed by atoms with Crippen LogP contribution in [0.4, 0.5) is 0 Å². The van der Waals surface area contributed by atoms with Crippen molar-refractivity contribution in [2.45, 2.75) is 115 Å². The standard InChI is InChI=1S/C12H16O7.C12H24O4Si.C6H10O4/c1-7(13)17-6-11-12(19-9(3)15)10(4-5-16-11)18-8(2)14;1-12(2,3)17(4,5)16-8-10-11(14)9(13)6-7-15-10;7-3-5-6(9)4(8)1-2-10-5/h4-5,10-12H,6H2,1-3H3;6-7,9-11,13-14H,8H2,1-5H3;1-2,4-9H,3H2. The highest BCUT2D eigenvalue weighted by atomic mass is 28.4. The van der Waals surface area contributed by atoms with Crippen LogP contribution in [0.2, 0.25) is 18.1 Å². The Hall–Kier alpha value is -2.99. The summed E-state index contributed by atoms with van der Waals surface area (Å²) < 4.78 is 36.1. The molecule has 0 aromatic carbocycles. The fourth-order valence-electron chi connectivity index (χ4n) is 3.67. The minimum absolute atomic E-state index is 0.102. The average molecular weight is 679 g/mol. The Balaban J connectivity index is 0.000000361. The molecule has 16 heteroatoms. The number of ether oxygens (including phenoxy) is 6. The van der Waals surface area contributed by atoms with E-state index in [0.717, 1.165) is 0 Å². The third-order valence-electron chi connectivity index (χ3n) is 7.38. The number of hydrogen-bond acceptors (Lipinski definition) is 15. The molecule has 9 atom stereocenters. The van der Waals surface area contributed by atoms with Gasteiger partial charge in [0.1, 0.15) is 43.2 Å². The van der Waals surface area contributed by atoms with Gasteiger partial charge in [-0.05, 0) is 36.4 Å². The zero-order valence-electron chi connectivity index (χ0n) is 27.6. The van der Waals surface area contributed by atoms with Gasteiger partial charge >= 0.3 is 17.9 Å². The quantitative estimate of drug-likeness (QED) is 0.135. The maximum Gasteiger partial charge on any atom is 0.303 e. The summed E-state index contributed by atoms with van der Waals surface area (Å²) in [5.74, 6) is -1.54. The Bertz CT molecular complexity index is 1050. The molecule has 0 spiro atoms. The zero-order chi connectivity index (χ0) is 35.2. The van der Waals surface area contributed by atoms with Crippen LogP contribution in [0.3, 0.4) is 0 Å². The van der Waals surface area contributed by atoms with E-state index in [2.05, 4.69) is 33.9 Å². The van der Waals surface area contributed by atoms with Crippen LogP contribution in [0.25, 0.3) is 0 Å². The number of carbonyl (C=O) groups is 3.